The van der Waals surface area contributed by atoms with Crippen molar-refractivity contribution in [1.82, 2.24) is 4.90 Å². The normalized spacial score (nSPS) is 16.7. The molecule has 2 atom stereocenters. The highest BCUT2D eigenvalue weighted by Gasteiger charge is 2.40. The zero-order valence-electron chi connectivity index (χ0n) is 17.4. The van der Waals surface area contributed by atoms with Gasteiger partial charge in [0.05, 0.1) is 20.3 Å². The maximum absolute atomic E-state index is 13.3. The van der Waals surface area contributed by atoms with E-state index in [4.69, 9.17) is 14.2 Å². The van der Waals surface area contributed by atoms with Gasteiger partial charge in [-0.2, -0.15) is 0 Å². The number of nitrogens with zero attached hydrogens (tertiary/aromatic N) is 1. The van der Waals surface area contributed by atoms with Crippen molar-refractivity contribution in [2.75, 3.05) is 20.8 Å². The molecule has 6 heteroatoms. The topological polar surface area (TPSA) is 65.1 Å². The summed E-state index contributed by atoms with van der Waals surface area (Å²) in [5.74, 6) is 0.555. The van der Waals surface area contributed by atoms with E-state index in [1.807, 2.05) is 48.5 Å². The lowest BCUT2D eigenvalue weighted by Gasteiger charge is -2.24. The van der Waals surface area contributed by atoms with Crippen LogP contribution in [0.15, 0.2) is 61.2 Å². The van der Waals surface area contributed by atoms with Crippen LogP contribution in [0.25, 0.3) is 0 Å². The molecule has 2 aromatic carbocycles. The first-order valence-electron chi connectivity index (χ1n) is 9.93. The van der Waals surface area contributed by atoms with Gasteiger partial charge in [0, 0.05) is 5.92 Å². The summed E-state index contributed by atoms with van der Waals surface area (Å²) in [4.78, 5) is 27.0. The molecule has 3 rings (SSSR count). The smallest absolute Gasteiger partial charge is 0.416 e. The molecule has 2 amide bonds. The second kappa shape index (κ2) is 9.96. The Bertz CT molecular complexity index is 896. The van der Waals surface area contributed by atoms with Gasteiger partial charge in [-0.05, 0) is 42.5 Å². The molecule has 0 unspecified atom stereocenters. The van der Waals surface area contributed by atoms with Crippen LogP contribution in [-0.2, 0) is 22.4 Å². The van der Waals surface area contributed by atoms with Gasteiger partial charge >= 0.3 is 6.09 Å². The molecule has 30 heavy (non-hydrogen) atoms. The third-order valence-electron chi connectivity index (χ3n) is 5.24. The van der Waals surface area contributed by atoms with Crippen LogP contribution in [0.2, 0.25) is 0 Å². The van der Waals surface area contributed by atoms with E-state index in [-0.39, 0.29) is 18.6 Å². The number of allylic oxidation sites excluding steroid dienone is 1. The SMILES string of the molecule is C=CC[C@H](Cc1ccc(OC)c(OC)c1)C(=O)N1C(=O)OC[C@H]1Cc1ccccc1. The first-order valence-corrected chi connectivity index (χ1v) is 9.93. The fraction of sp³-hybridized carbons (Fsp3) is 0.333. The second-order valence-electron chi connectivity index (χ2n) is 7.24. The number of carbonyl (C=O) groups excluding carboxylic acids is 2. The molecule has 1 fully saturated rings. The summed E-state index contributed by atoms with van der Waals surface area (Å²) < 4.78 is 15.9. The molecule has 1 saturated heterocycles. The second-order valence-corrected chi connectivity index (χ2v) is 7.24. The Morgan fingerprint density at radius 2 is 1.90 bits per heavy atom. The molecule has 0 N–H and O–H groups in total. The number of carbonyl (C=O) groups is 2. The van der Waals surface area contributed by atoms with Crippen LogP contribution in [-0.4, -0.2) is 43.8 Å². The van der Waals surface area contributed by atoms with E-state index in [9.17, 15) is 9.59 Å². The Hall–Kier alpha value is -3.28. The van der Waals surface area contributed by atoms with E-state index in [2.05, 4.69) is 6.58 Å². The lowest BCUT2D eigenvalue weighted by Crippen LogP contribution is -2.44. The molecule has 0 bridgehead atoms. The summed E-state index contributed by atoms with van der Waals surface area (Å²) in [7, 11) is 3.15. The zero-order valence-corrected chi connectivity index (χ0v) is 17.4. The summed E-state index contributed by atoms with van der Waals surface area (Å²) in [6.45, 7) is 3.99. The van der Waals surface area contributed by atoms with Crippen molar-refractivity contribution in [3.8, 4) is 11.5 Å². The average Bonchev–Trinajstić information content (AvgIpc) is 3.13. The molecule has 0 aliphatic carbocycles. The molecule has 6 nitrogen and oxygen atoms in total. The highest BCUT2D eigenvalue weighted by atomic mass is 16.6. The Kier molecular flexibility index (Phi) is 7.12. The van der Waals surface area contributed by atoms with Crippen LogP contribution in [0.4, 0.5) is 4.79 Å². The third kappa shape index (κ3) is 4.82. The average molecular weight is 409 g/mol. The van der Waals surface area contributed by atoms with Crippen LogP contribution < -0.4 is 9.47 Å². The van der Waals surface area contributed by atoms with Crippen molar-refractivity contribution in [3.05, 3.63) is 72.3 Å². The van der Waals surface area contributed by atoms with Crippen molar-refractivity contribution >= 4 is 12.0 Å². The first-order chi connectivity index (χ1) is 14.6. The monoisotopic (exact) mass is 409 g/mol. The van der Waals surface area contributed by atoms with Gasteiger partial charge in [0.1, 0.15) is 6.61 Å². The van der Waals surface area contributed by atoms with Gasteiger partial charge in [0.15, 0.2) is 11.5 Å². The number of methoxy groups -OCH3 is 2. The highest BCUT2D eigenvalue weighted by molar-refractivity contribution is 5.95. The fourth-order valence-corrected chi connectivity index (χ4v) is 3.73. The molecule has 0 aromatic heterocycles. The lowest BCUT2D eigenvalue weighted by atomic mass is 9.93. The molecule has 0 saturated carbocycles. The number of ether oxygens (including phenoxy) is 3. The Labute approximate surface area is 177 Å². The number of amides is 2. The van der Waals surface area contributed by atoms with E-state index in [1.54, 1.807) is 20.3 Å². The number of hydrogen-bond acceptors (Lipinski definition) is 5. The zero-order chi connectivity index (χ0) is 21.5. The van der Waals surface area contributed by atoms with Gasteiger partial charge in [-0.3, -0.25) is 4.79 Å². The molecule has 1 aliphatic heterocycles. The highest BCUT2D eigenvalue weighted by Crippen LogP contribution is 2.30. The quantitative estimate of drug-likeness (QED) is 0.585. The molecular weight excluding hydrogens is 382 g/mol. The molecule has 158 valence electrons. The van der Waals surface area contributed by atoms with Crippen molar-refractivity contribution < 1.29 is 23.8 Å². The fourth-order valence-electron chi connectivity index (χ4n) is 3.73. The number of cyclic esters (lactones) is 1. The van der Waals surface area contributed by atoms with E-state index < -0.39 is 12.0 Å². The van der Waals surface area contributed by atoms with Crippen LogP contribution in [0.3, 0.4) is 0 Å². The summed E-state index contributed by atoms with van der Waals surface area (Å²) in [5, 5.41) is 0. The largest absolute Gasteiger partial charge is 0.493 e. The minimum absolute atomic E-state index is 0.205. The van der Waals surface area contributed by atoms with Crippen molar-refractivity contribution in [2.24, 2.45) is 5.92 Å². The predicted molar refractivity (Wildman–Crippen MR) is 114 cm³/mol. The number of rotatable bonds is 9. The minimum atomic E-state index is -0.581. The van der Waals surface area contributed by atoms with Gasteiger partial charge in [-0.25, -0.2) is 9.69 Å². The van der Waals surface area contributed by atoms with Gasteiger partial charge in [0.2, 0.25) is 5.91 Å². The maximum Gasteiger partial charge on any atom is 0.416 e. The van der Waals surface area contributed by atoms with Gasteiger partial charge < -0.3 is 14.2 Å². The molecule has 1 aliphatic rings. The molecular formula is C24H27NO5. The van der Waals surface area contributed by atoms with E-state index in [0.717, 1.165) is 11.1 Å². The maximum atomic E-state index is 13.3. The van der Waals surface area contributed by atoms with Crippen LogP contribution in [0, 0.1) is 5.92 Å². The standard InChI is InChI=1S/C24H27NO5/c1-4-8-19(13-18-11-12-21(28-2)22(15-18)29-3)23(26)25-20(16-30-24(25)27)14-17-9-6-5-7-10-17/h4-7,9-12,15,19-20H,1,8,13-14,16H2,2-3H3/t19-,20-/m1/s1. The van der Waals surface area contributed by atoms with E-state index in [1.165, 1.54) is 4.90 Å². The minimum Gasteiger partial charge on any atom is -0.493 e. The molecule has 0 radical (unpaired) electrons. The van der Waals surface area contributed by atoms with Gasteiger partial charge in [-0.1, -0.05) is 42.5 Å². The summed E-state index contributed by atoms with van der Waals surface area (Å²) in [5.41, 5.74) is 1.97. The third-order valence-corrected chi connectivity index (χ3v) is 5.24. The first kappa shape index (κ1) is 21.4. The Morgan fingerprint density at radius 1 is 1.17 bits per heavy atom. The number of hydrogen-bond donors (Lipinski definition) is 0. The molecule has 1 heterocycles. The van der Waals surface area contributed by atoms with Crippen molar-refractivity contribution in [1.29, 1.82) is 0 Å². The summed E-state index contributed by atoms with van der Waals surface area (Å²) in [6.07, 6.45) is 2.59. The molecule has 0 spiro atoms. The summed E-state index contributed by atoms with van der Waals surface area (Å²) in [6, 6.07) is 15.0. The Balaban J connectivity index is 1.79. The van der Waals surface area contributed by atoms with Gasteiger partial charge in [0.25, 0.3) is 0 Å². The van der Waals surface area contributed by atoms with Crippen molar-refractivity contribution in [3.63, 3.8) is 0 Å². The summed E-state index contributed by atoms with van der Waals surface area (Å²) >= 11 is 0. The molecule has 2 aromatic rings. The Morgan fingerprint density at radius 3 is 2.57 bits per heavy atom. The number of benzene rings is 2. The van der Waals surface area contributed by atoms with Crippen molar-refractivity contribution in [2.45, 2.75) is 25.3 Å². The van der Waals surface area contributed by atoms with E-state index in [0.29, 0.717) is 30.8 Å². The van der Waals surface area contributed by atoms with Crippen LogP contribution in [0.1, 0.15) is 17.5 Å². The van der Waals surface area contributed by atoms with Crippen LogP contribution in [0.5, 0.6) is 11.5 Å². The lowest BCUT2D eigenvalue weighted by molar-refractivity contribution is -0.133. The van der Waals surface area contributed by atoms with Crippen LogP contribution >= 0.6 is 0 Å². The predicted octanol–water partition coefficient (Wildman–Crippen LogP) is 4.03. The van der Waals surface area contributed by atoms with E-state index >= 15 is 0 Å². The van der Waals surface area contributed by atoms with Gasteiger partial charge in [-0.15, -0.1) is 6.58 Å². The number of imide groups is 1.